The second-order valence-corrected chi connectivity index (χ2v) is 8.71. The summed E-state index contributed by atoms with van der Waals surface area (Å²) in [6.07, 6.45) is 1.76. The molecule has 0 spiro atoms. The molecule has 3 heterocycles. The monoisotopic (exact) mass is 408 g/mol. The van der Waals surface area contributed by atoms with Gasteiger partial charge in [-0.3, -0.25) is 0 Å². The van der Waals surface area contributed by atoms with Crippen LogP contribution in [0.3, 0.4) is 0 Å². The standard InChI is InChI=1S/C25H28O5/c1-13-7-8-20(28-13)25(4)10-9-18-21(24-17(25)11-14(2)29-24)16-12-19(26-5)15(3)22(27-6)23(16)30-18/h7-8,11-12,18,21H,9-10H2,1-6H3. The lowest BCUT2D eigenvalue weighted by molar-refractivity contribution is 0.185. The number of fused-ring (bicyclic) bond motifs is 5. The van der Waals surface area contributed by atoms with Gasteiger partial charge < -0.3 is 23.0 Å². The molecule has 3 aromatic rings. The second kappa shape index (κ2) is 6.59. The van der Waals surface area contributed by atoms with Crippen LogP contribution in [0, 0.1) is 20.8 Å². The summed E-state index contributed by atoms with van der Waals surface area (Å²) >= 11 is 0. The zero-order valence-corrected chi connectivity index (χ0v) is 18.4. The van der Waals surface area contributed by atoms with Crippen LogP contribution in [-0.4, -0.2) is 20.3 Å². The van der Waals surface area contributed by atoms with Gasteiger partial charge in [0, 0.05) is 16.7 Å². The molecule has 0 radical (unpaired) electrons. The highest BCUT2D eigenvalue weighted by Crippen LogP contribution is 2.57. The number of hydrogen-bond donors (Lipinski definition) is 0. The van der Waals surface area contributed by atoms with E-state index in [0.717, 1.165) is 64.3 Å². The summed E-state index contributed by atoms with van der Waals surface area (Å²) in [5.74, 6) is 6.09. The van der Waals surface area contributed by atoms with E-state index in [1.165, 1.54) is 5.56 Å². The van der Waals surface area contributed by atoms with Crippen LogP contribution in [0.4, 0.5) is 0 Å². The summed E-state index contributed by atoms with van der Waals surface area (Å²) in [7, 11) is 3.37. The molecule has 5 heteroatoms. The quantitative estimate of drug-likeness (QED) is 0.548. The van der Waals surface area contributed by atoms with Crippen molar-refractivity contribution in [2.24, 2.45) is 0 Å². The van der Waals surface area contributed by atoms with Crippen molar-refractivity contribution in [2.75, 3.05) is 14.2 Å². The first-order chi connectivity index (χ1) is 14.4. The third-order valence-electron chi connectivity index (χ3n) is 6.84. The minimum Gasteiger partial charge on any atom is -0.496 e. The third kappa shape index (κ3) is 2.54. The number of ether oxygens (including phenoxy) is 3. The molecule has 2 aliphatic rings. The predicted molar refractivity (Wildman–Crippen MR) is 113 cm³/mol. The lowest BCUT2D eigenvalue weighted by Gasteiger charge is -2.26. The fourth-order valence-corrected chi connectivity index (χ4v) is 5.24. The first kappa shape index (κ1) is 19.2. The van der Waals surface area contributed by atoms with E-state index >= 15 is 0 Å². The Bertz CT molecular complexity index is 1120. The molecule has 1 aliphatic heterocycles. The van der Waals surface area contributed by atoms with E-state index in [1.807, 2.05) is 26.8 Å². The Morgan fingerprint density at radius 2 is 1.80 bits per heavy atom. The van der Waals surface area contributed by atoms with E-state index in [9.17, 15) is 0 Å². The Kier molecular flexibility index (Phi) is 4.21. The molecule has 1 aliphatic carbocycles. The summed E-state index contributed by atoms with van der Waals surface area (Å²) in [6, 6.07) is 8.37. The molecule has 0 saturated carbocycles. The van der Waals surface area contributed by atoms with E-state index < -0.39 is 0 Å². The van der Waals surface area contributed by atoms with Crippen LogP contribution in [-0.2, 0) is 5.41 Å². The van der Waals surface area contributed by atoms with Crippen LogP contribution in [0.25, 0.3) is 0 Å². The Hall–Kier alpha value is -2.82. The molecule has 30 heavy (non-hydrogen) atoms. The van der Waals surface area contributed by atoms with Gasteiger partial charge in [-0.15, -0.1) is 0 Å². The van der Waals surface area contributed by atoms with E-state index in [-0.39, 0.29) is 17.4 Å². The number of benzene rings is 1. The van der Waals surface area contributed by atoms with Crippen molar-refractivity contribution in [3.63, 3.8) is 0 Å². The third-order valence-corrected chi connectivity index (χ3v) is 6.84. The van der Waals surface area contributed by atoms with E-state index in [1.54, 1.807) is 14.2 Å². The van der Waals surface area contributed by atoms with Crippen molar-refractivity contribution in [2.45, 2.75) is 58.0 Å². The Balaban J connectivity index is 1.73. The van der Waals surface area contributed by atoms with Gasteiger partial charge in [-0.2, -0.15) is 0 Å². The highest BCUT2D eigenvalue weighted by molar-refractivity contribution is 5.63. The number of rotatable bonds is 3. The van der Waals surface area contributed by atoms with Crippen LogP contribution in [0.2, 0.25) is 0 Å². The Labute approximate surface area is 176 Å². The molecule has 158 valence electrons. The van der Waals surface area contributed by atoms with Crippen molar-refractivity contribution >= 4 is 0 Å². The summed E-state index contributed by atoms with van der Waals surface area (Å²) in [6.45, 7) is 8.23. The predicted octanol–water partition coefficient (Wildman–Crippen LogP) is 5.81. The van der Waals surface area contributed by atoms with Gasteiger partial charge in [-0.05, 0) is 64.8 Å². The highest BCUT2D eigenvalue weighted by atomic mass is 16.5. The Morgan fingerprint density at radius 3 is 2.47 bits per heavy atom. The number of methoxy groups -OCH3 is 2. The summed E-state index contributed by atoms with van der Waals surface area (Å²) < 4.78 is 30.4. The van der Waals surface area contributed by atoms with E-state index in [2.05, 4.69) is 25.1 Å². The summed E-state index contributed by atoms with van der Waals surface area (Å²) in [4.78, 5) is 0. The van der Waals surface area contributed by atoms with Gasteiger partial charge in [0.1, 0.15) is 34.9 Å². The zero-order chi connectivity index (χ0) is 21.2. The fraction of sp³-hybridized carbons (Fsp3) is 0.440. The van der Waals surface area contributed by atoms with Crippen molar-refractivity contribution in [1.82, 2.24) is 0 Å². The first-order valence-corrected chi connectivity index (χ1v) is 10.5. The zero-order valence-electron chi connectivity index (χ0n) is 18.4. The lowest BCUT2D eigenvalue weighted by atomic mass is 9.77. The molecule has 0 amide bonds. The molecule has 0 bridgehead atoms. The van der Waals surface area contributed by atoms with E-state index in [0.29, 0.717) is 0 Å². The molecule has 2 aromatic heterocycles. The maximum atomic E-state index is 6.52. The highest BCUT2D eigenvalue weighted by Gasteiger charge is 2.49. The average molecular weight is 408 g/mol. The molecule has 3 unspecified atom stereocenters. The van der Waals surface area contributed by atoms with Gasteiger partial charge in [0.2, 0.25) is 0 Å². The van der Waals surface area contributed by atoms with Gasteiger partial charge in [-0.25, -0.2) is 0 Å². The minimum absolute atomic E-state index is 0.00927. The molecular formula is C25H28O5. The number of aryl methyl sites for hydroxylation is 2. The number of hydrogen-bond acceptors (Lipinski definition) is 5. The molecular weight excluding hydrogens is 380 g/mol. The fourth-order valence-electron chi connectivity index (χ4n) is 5.24. The molecule has 3 atom stereocenters. The molecule has 0 N–H and O–H groups in total. The van der Waals surface area contributed by atoms with E-state index in [4.69, 9.17) is 23.0 Å². The molecule has 5 nitrogen and oxygen atoms in total. The maximum absolute atomic E-state index is 6.52. The Morgan fingerprint density at radius 1 is 1.00 bits per heavy atom. The SMILES string of the molecule is COc1cc2c(c(OC)c1C)OC1CCC(C)(c3ccc(C)o3)c3cc(C)oc3C21. The molecule has 0 saturated heterocycles. The van der Waals surface area contributed by atoms with Crippen molar-refractivity contribution in [1.29, 1.82) is 0 Å². The van der Waals surface area contributed by atoms with Crippen molar-refractivity contribution in [3.8, 4) is 17.2 Å². The first-order valence-electron chi connectivity index (χ1n) is 10.5. The molecule has 0 fully saturated rings. The van der Waals surface area contributed by atoms with Gasteiger partial charge in [-0.1, -0.05) is 0 Å². The van der Waals surface area contributed by atoms with Crippen LogP contribution in [0.15, 0.2) is 33.1 Å². The molecule has 5 rings (SSSR count). The average Bonchev–Trinajstić information content (AvgIpc) is 3.40. The van der Waals surface area contributed by atoms with Crippen LogP contribution in [0.5, 0.6) is 17.2 Å². The second-order valence-electron chi connectivity index (χ2n) is 8.71. The van der Waals surface area contributed by atoms with Crippen molar-refractivity contribution in [3.05, 3.63) is 64.0 Å². The van der Waals surface area contributed by atoms with Crippen molar-refractivity contribution < 1.29 is 23.0 Å². The lowest BCUT2D eigenvalue weighted by Crippen LogP contribution is -2.23. The number of furan rings is 2. The smallest absolute Gasteiger partial charge is 0.167 e. The van der Waals surface area contributed by atoms with Crippen LogP contribution in [0.1, 0.15) is 65.4 Å². The normalized spacial score (nSPS) is 24.5. The maximum Gasteiger partial charge on any atom is 0.167 e. The largest absolute Gasteiger partial charge is 0.496 e. The van der Waals surface area contributed by atoms with Gasteiger partial charge in [0.15, 0.2) is 11.5 Å². The summed E-state index contributed by atoms with van der Waals surface area (Å²) in [5, 5.41) is 0. The van der Waals surface area contributed by atoms with Gasteiger partial charge in [0.05, 0.1) is 25.6 Å². The van der Waals surface area contributed by atoms with Crippen LogP contribution >= 0.6 is 0 Å². The van der Waals surface area contributed by atoms with Crippen LogP contribution < -0.4 is 14.2 Å². The van der Waals surface area contributed by atoms with Gasteiger partial charge >= 0.3 is 0 Å². The topological polar surface area (TPSA) is 54.0 Å². The summed E-state index contributed by atoms with van der Waals surface area (Å²) in [5.41, 5.74) is 2.92. The minimum atomic E-state index is -0.270. The van der Waals surface area contributed by atoms with Gasteiger partial charge in [0.25, 0.3) is 0 Å². The molecule has 1 aromatic carbocycles.